The number of amides is 2. The molecule has 3 N–H and O–H groups in total. The molecule has 0 radical (unpaired) electrons. The van der Waals surface area contributed by atoms with Gasteiger partial charge in [-0.3, -0.25) is 0 Å². The predicted molar refractivity (Wildman–Crippen MR) is 84.4 cm³/mol. The Balaban J connectivity index is 2.70. The smallest absolute Gasteiger partial charge is 0.319 e. The second-order valence-corrected chi connectivity index (χ2v) is 5.47. The van der Waals surface area contributed by atoms with Gasteiger partial charge >= 0.3 is 6.03 Å². The molecule has 2 amide bonds. The first-order valence-corrected chi connectivity index (χ1v) is 7.27. The normalized spacial score (nSPS) is 15.1. The van der Waals surface area contributed by atoms with Crippen LogP contribution >= 0.6 is 0 Å². The number of aliphatic hydroxyl groups excluding tert-OH is 1. The van der Waals surface area contributed by atoms with Crippen LogP contribution in [0.25, 0.3) is 0 Å². The summed E-state index contributed by atoms with van der Waals surface area (Å²) in [7, 11) is 1.65. The second kappa shape index (κ2) is 8.00. The number of rotatable bonds is 7. The number of benzene rings is 1. The van der Waals surface area contributed by atoms with Crippen molar-refractivity contribution in [2.45, 2.75) is 45.3 Å². The average molecular weight is 294 g/mol. The van der Waals surface area contributed by atoms with Gasteiger partial charge in [-0.25, -0.2) is 4.79 Å². The summed E-state index contributed by atoms with van der Waals surface area (Å²) < 4.78 is 5.27. The summed E-state index contributed by atoms with van der Waals surface area (Å²) in [4.78, 5) is 12.1. The van der Waals surface area contributed by atoms with Gasteiger partial charge in [-0.05, 0) is 44.4 Å². The van der Waals surface area contributed by atoms with Gasteiger partial charge in [0.1, 0.15) is 0 Å². The first-order valence-electron chi connectivity index (χ1n) is 7.27. The lowest BCUT2D eigenvalue weighted by molar-refractivity contribution is 0.119. The van der Waals surface area contributed by atoms with Crippen LogP contribution in [0.2, 0.25) is 0 Å². The van der Waals surface area contributed by atoms with Gasteiger partial charge in [0, 0.05) is 24.9 Å². The fourth-order valence-electron chi connectivity index (χ4n) is 2.02. The van der Waals surface area contributed by atoms with Crippen LogP contribution in [-0.4, -0.2) is 30.4 Å². The summed E-state index contributed by atoms with van der Waals surface area (Å²) in [5, 5.41) is 14.8. The largest absolute Gasteiger partial charge is 0.396 e. The minimum Gasteiger partial charge on any atom is -0.396 e. The lowest BCUT2D eigenvalue weighted by Gasteiger charge is -2.29. The molecule has 0 saturated heterocycles. The van der Waals surface area contributed by atoms with Crippen molar-refractivity contribution in [1.29, 1.82) is 0 Å². The SMILES string of the molecule is CCC(C)(CCO)NC(=O)Nc1cccc(C(C)OC)c1. The van der Waals surface area contributed by atoms with E-state index in [2.05, 4.69) is 10.6 Å². The summed E-state index contributed by atoms with van der Waals surface area (Å²) in [6, 6.07) is 7.30. The zero-order valence-electron chi connectivity index (χ0n) is 13.3. The van der Waals surface area contributed by atoms with Crippen LogP contribution in [0.3, 0.4) is 0 Å². The molecule has 118 valence electrons. The van der Waals surface area contributed by atoms with E-state index in [0.29, 0.717) is 6.42 Å². The monoisotopic (exact) mass is 294 g/mol. The first kappa shape index (κ1) is 17.5. The van der Waals surface area contributed by atoms with Crippen LogP contribution < -0.4 is 10.6 Å². The van der Waals surface area contributed by atoms with E-state index in [4.69, 9.17) is 9.84 Å². The van der Waals surface area contributed by atoms with Crippen LogP contribution in [0.4, 0.5) is 10.5 Å². The van der Waals surface area contributed by atoms with Crippen molar-refractivity contribution in [3.8, 4) is 0 Å². The summed E-state index contributed by atoms with van der Waals surface area (Å²) in [6.07, 6.45) is 1.25. The Morgan fingerprint density at radius 1 is 1.48 bits per heavy atom. The van der Waals surface area contributed by atoms with Crippen LogP contribution in [0.15, 0.2) is 24.3 Å². The number of carbonyl (C=O) groups is 1. The average Bonchev–Trinajstić information content (AvgIpc) is 2.46. The molecule has 0 aliphatic carbocycles. The third-order valence-corrected chi connectivity index (χ3v) is 3.83. The number of hydrogen-bond donors (Lipinski definition) is 3. The zero-order valence-corrected chi connectivity index (χ0v) is 13.3. The van der Waals surface area contributed by atoms with Crippen LogP contribution in [0.1, 0.15) is 45.3 Å². The lowest BCUT2D eigenvalue weighted by atomic mass is 9.95. The molecule has 5 heteroatoms. The van der Waals surface area contributed by atoms with Gasteiger partial charge in [0.2, 0.25) is 0 Å². The number of nitrogens with one attached hydrogen (secondary N) is 2. The lowest BCUT2D eigenvalue weighted by Crippen LogP contribution is -2.48. The maximum Gasteiger partial charge on any atom is 0.319 e. The number of urea groups is 1. The maximum atomic E-state index is 12.1. The third-order valence-electron chi connectivity index (χ3n) is 3.83. The molecule has 2 unspecified atom stereocenters. The molecule has 0 aromatic heterocycles. The minimum atomic E-state index is -0.406. The quantitative estimate of drug-likeness (QED) is 0.724. The molecule has 21 heavy (non-hydrogen) atoms. The molecule has 1 aromatic rings. The molecule has 5 nitrogen and oxygen atoms in total. The van der Waals surface area contributed by atoms with Crippen molar-refractivity contribution in [1.82, 2.24) is 5.32 Å². The molecule has 0 bridgehead atoms. The highest BCUT2D eigenvalue weighted by atomic mass is 16.5. The van der Waals surface area contributed by atoms with E-state index in [0.717, 1.165) is 17.7 Å². The highest BCUT2D eigenvalue weighted by molar-refractivity contribution is 5.89. The molecule has 1 rings (SSSR count). The summed E-state index contributed by atoms with van der Waals surface area (Å²) in [5.74, 6) is 0. The van der Waals surface area contributed by atoms with Crippen LogP contribution in [0.5, 0.6) is 0 Å². The van der Waals surface area contributed by atoms with Crippen LogP contribution in [-0.2, 0) is 4.74 Å². The molecule has 0 fully saturated rings. The zero-order chi connectivity index (χ0) is 15.9. The van der Waals surface area contributed by atoms with Crippen molar-refractivity contribution in [2.75, 3.05) is 19.0 Å². The van der Waals surface area contributed by atoms with Crippen molar-refractivity contribution in [2.24, 2.45) is 0 Å². The van der Waals surface area contributed by atoms with Gasteiger partial charge in [-0.15, -0.1) is 0 Å². The van der Waals surface area contributed by atoms with E-state index in [1.165, 1.54) is 0 Å². The van der Waals surface area contributed by atoms with Crippen molar-refractivity contribution in [3.63, 3.8) is 0 Å². The predicted octanol–water partition coefficient (Wildman–Crippen LogP) is 3.07. The first-order chi connectivity index (χ1) is 9.94. The number of anilines is 1. The molecule has 1 aromatic carbocycles. The standard InChI is InChI=1S/C16H26N2O3/c1-5-16(3,9-10-19)18-15(20)17-14-8-6-7-13(11-14)12(2)21-4/h6-8,11-12,19H,5,9-10H2,1-4H3,(H2,17,18,20). The van der Waals surface area contributed by atoms with Gasteiger partial charge in [-0.1, -0.05) is 19.1 Å². The summed E-state index contributed by atoms with van der Waals surface area (Å²) in [5.41, 5.74) is 1.32. The Morgan fingerprint density at radius 2 is 2.19 bits per heavy atom. The Kier molecular flexibility index (Phi) is 6.65. The van der Waals surface area contributed by atoms with Gasteiger partial charge < -0.3 is 20.5 Å². The van der Waals surface area contributed by atoms with E-state index < -0.39 is 5.54 Å². The third kappa shape index (κ3) is 5.36. The number of carbonyl (C=O) groups excluding carboxylic acids is 1. The summed E-state index contributed by atoms with van der Waals surface area (Å²) >= 11 is 0. The maximum absolute atomic E-state index is 12.1. The van der Waals surface area contributed by atoms with Crippen molar-refractivity contribution in [3.05, 3.63) is 29.8 Å². The van der Waals surface area contributed by atoms with Gasteiger partial charge in [0.05, 0.1) is 6.10 Å². The number of hydrogen-bond acceptors (Lipinski definition) is 3. The Hall–Kier alpha value is -1.59. The number of ether oxygens (including phenoxy) is 1. The number of methoxy groups -OCH3 is 1. The molecular formula is C16H26N2O3. The molecule has 0 saturated carbocycles. The molecule has 0 aliphatic heterocycles. The van der Waals surface area contributed by atoms with Crippen molar-refractivity contribution < 1.29 is 14.6 Å². The van der Waals surface area contributed by atoms with Gasteiger partial charge in [0.25, 0.3) is 0 Å². The van der Waals surface area contributed by atoms with Gasteiger partial charge in [-0.2, -0.15) is 0 Å². The van der Waals surface area contributed by atoms with Crippen molar-refractivity contribution >= 4 is 11.7 Å². The van der Waals surface area contributed by atoms with Crippen LogP contribution in [0, 0.1) is 0 Å². The van der Waals surface area contributed by atoms with Gasteiger partial charge in [0.15, 0.2) is 0 Å². The fraction of sp³-hybridized carbons (Fsp3) is 0.562. The summed E-state index contributed by atoms with van der Waals surface area (Å²) in [6.45, 7) is 5.91. The van der Waals surface area contributed by atoms with E-state index in [1.807, 2.05) is 45.0 Å². The van der Waals surface area contributed by atoms with E-state index in [-0.39, 0.29) is 18.7 Å². The molecular weight excluding hydrogens is 268 g/mol. The Morgan fingerprint density at radius 3 is 2.76 bits per heavy atom. The highest BCUT2D eigenvalue weighted by Crippen LogP contribution is 2.20. The molecule has 0 spiro atoms. The minimum absolute atomic E-state index is 0.0230. The Bertz CT molecular complexity index is 465. The molecule has 0 heterocycles. The fourth-order valence-corrected chi connectivity index (χ4v) is 2.02. The second-order valence-electron chi connectivity index (χ2n) is 5.47. The Labute approximate surface area is 126 Å². The van der Waals surface area contributed by atoms with E-state index in [1.54, 1.807) is 7.11 Å². The molecule has 2 atom stereocenters. The highest BCUT2D eigenvalue weighted by Gasteiger charge is 2.23. The number of aliphatic hydroxyl groups is 1. The topological polar surface area (TPSA) is 70.6 Å². The van der Waals surface area contributed by atoms with E-state index >= 15 is 0 Å². The van der Waals surface area contributed by atoms with E-state index in [9.17, 15) is 4.79 Å². The molecule has 0 aliphatic rings.